The summed E-state index contributed by atoms with van der Waals surface area (Å²) in [7, 11) is 3.52. The SMILES string of the molecule is CN(C)C(=O)CN=C(NCCc1ccccc1)NC1CCOC2(CCSC2)C1. The highest BCUT2D eigenvalue weighted by Gasteiger charge is 2.40. The molecule has 2 heterocycles. The highest BCUT2D eigenvalue weighted by Crippen LogP contribution is 2.38. The van der Waals surface area contributed by atoms with Gasteiger partial charge in [-0.1, -0.05) is 30.3 Å². The van der Waals surface area contributed by atoms with Gasteiger partial charge < -0.3 is 20.3 Å². The summed E-state index contributed by atoms with van der Waals surface area (Å²) in [6.45, 7) is 1.71. The van der Waals surface area contributed by atoms with E-state index in [0.29, 0.717) is 6.04 Å². The van der Waals surface area contributed by atoms with Crippen LogP contribution in [0.1, 0.15) is 24.8 Å². The molecule has 154 valence electrons. The lowest BCUT2D eigenvalue weighted by atomic mass is 9.90. The fourth-order valence-electron chi connectivity index (χ4n) is 3.62. The number of thioether (sulfide) groups is 1. The number of nitrogens with one attached hydrogen (secondary N) is 2. The first-order valence-corrected chi connectivity index (χ1v) is 11.2. The van der Waals surface area contributed by atoms with Crippen molar-refractivity contribution in [2.75, 3.05) is 45.3 Å². The predicted molar refractivity (Wildman–Crippen MR) is 116 cm³/mol. The standard InChI is InChI=1S/C21H32N4O2S/c1-25(2)19(26)15-23-20(22-11-8-17-6-4-3-5-7-17)24-18-9-12-27-21(14-18)10-13-28-16-21/h3-7,18H,8-16H2,1-2H3,(H2,22,23,24). The summed E-state index contributed by atoms with van der Waals surface area (Å²) in [5, 5.41) is 6.98. The van der Waals surface area contributed by atoms with E-state index in [1.807, 2.05) is 17.8 Å². The third-order valence-electron chi connectivity index (χ3n) is 5.32. The van der Waals surface area contributed by atoms with Crippen molar-refractivity contribution in [3.63, 3.8) is 0 Å². The molecule has 6 nitrogen and oxygen atoms in total. The first kappa shape index (κ1) is 21.0. The summed E-state index contributed by atoms with van der Waals surface area (Å²) >= 11 is 1.98. The van der Waals surface area contributed by atoms with Gasteiger partial charge in [0.25, 0.3) is 0 Å². The molecule has 0 saturated carbocycles. The van der Waals surface area contributed by atoms with Crippen LogP contribution in [-0.4, -0.2) is 73.7 Å². The van der Waals surface area contributed by atoms with E-state index >= 15 is 0 Å². The molecule has 3 rings (SSSR count). The van der Waals surface area contributed by atoms with Gasteiger partial charge in [-0.25, -0.2) is 4.99 Å². The Balaban J connectivity index is 1.58. The van der Waals surface area contributed by atoms with Crippen LogP contribution in [0.4, 0.5) is 0 Å². The average Bonchev–Trinajstić information content (AvgIpc) is 3.13. The summed E-state index contributed by atoms with van der Waals surface area (Å²) in [5.41, 5.74) is 1.31. The Morgan fingerprint density at radius 3 is 2.89 bits per heavy atom. The number of amides is 1. The molecule has 2 atom stereocenters. The Morgan fingerprint density at radius 2 is 2.18 bits per heavy atom. The first-order chi connectivity index (χ1) is 13.6. The van der Waals surface area contributed by atoms with Crippen LogP contribution in [0.15, 0.2) is 35.3 Å². The third kappa shape index (κ3) is 6.14. The van der Waals surface area contributed by atoms with Gasteiger partial charge in [0.05, 0.1) is 5.60 Å². The molecule has 0 aromatic heterocycles. The van der Waals surface area contributed by atoms with E-state index < -0.39 is 0 Å². The van der Waals surface area contributed by atoms with Crippen LogP contribution in [0.3, 0.4) is 0 Å². The Hall–Kier alpha value is -1.73. The van der Waals surface area contributed by atoms with Gasteiger partial charge in [-0.2, -0.15) is 11.8 Å². The lowest BCUT2D eigenvalue weighted by molar-refractivity contribution is -0.127. The molecular formula is C21H32N4O2S. The highest BCUT2D eigenvalue weighted by atomic mass is 32.2. The normalized spacial score (nSPS) is 24.9. The Kier molecular flexibility index (Phi) is 7.62. The number of carbonyl (C=O) groups excluding carboxylic acids is 1. The molecule has 1 amide bonds. The largest absolute Gasteiger partial charge is 0.374 e. The van der Waals surface area contributed by atoms with E-state index in [0.717, 1.165) is 50.5 Å². The minimum Gasteiger partial charge on any atom is -0.374 e. The van der Waals surface area contributed by atoms with E-state index in [9.17, 15) is 4.79 Å². The molecule has 1 aromatic carbocycles. The van der Waals surface area contributed by atoms with Crippen molar-refractivity contribution in [3.8, 4) is 0 Å². The predicted octanol–water partition coefficient (Wildman–Crippen LogP) is 1.91. The number of hydrogen-bond donors (Lipinski definition) is 2. The van der Waals surface area contributed by atoms with Crippen molar-refractivity contribution < 1.29 is 9.53 Å². The van der Waals surface area contributed by atoms with Crippen molar-refractivity contribution in [3.05, 3.63) is 35.9 Å². The fraction of sp³-hybridized carbons (Fsp3) is 0.619. The Labute approximate surface area is 172 Å². The van der Waals surface area contributed by atoms with Crippen molar-refractivity contribution in [2.45, 2.75) is 37.3 Å². The number of carbonyl (C=O) groups is 1. The molecule has 7 heteroatoms. The number of likely N-dealkylation sites (N-methyl/N-ethyl adjacent to an activating group) is 1. The Bertz CT molecular complexity index is 660. The molecule has 2 aliphatic rings. The number of nitrogens with zero attached hydrogens (tertiary/aromatic N) is 2. The molecule has 0 aliphatic carbocycles. The second-order valence-electron chi connectivity index (χ2n) is 7.78. The molecule has 0 bridgehead atoms. The summed E-state index contributed by atoms with van der Waals surface area (Å²) in [5.74, 6) is 2.98. The summed E-state index contributed by atoms with van der Waals surface area (Å²) in [6.07, 6.45) is 4.01. The van der Waals surface area contributed by atoms with Crippen molar-refractivity contribution in [2.24, 2.45) is 4.99 Å². The molecule has 0 radical (unpaired) electrons. The molecule has 2 aliphatic heterocycles. The monoisotopic (exact) mass is 404 g/mol. The van der Waals surface area contributed by atoms with Gasteiger partial charge in [0.2, 0.25) is 5.91 Å². The van der Waals surface area contributed by atoms with Crippen molar-refractivity contribution in [1.82, 2.24) is 15.5 Å². The van der Waals surface area contributed by atoms with Gasteiger partial charge in [0, 0.05) is 39.0 Å². The number of guanidine groups is 1. The fourth-order valence-corrected chi connectivity index (χ4v) is 5.00. The van der Waals surface area contributed by atoms with Gasteiger partial charge in [-0.05, 0) is 37.0 Å². The number of benzene rings is 1. The second-order valence-corrected chi connectivity index (χ2v) is 8.89. The summed E-state index contributed by atoms with van der Waals surface area (Å²) in [6, 6.07) is 10.7. The van der Waals surface area contributed by atoms with Gasteiger partial charge in [0.1, 0.15) is 6.54 Å². The minimum atomic E-state index is -0.000185. The number of hydrogen-bond acceptors (Lipinski definition) is 4. The van der Waals surface area contributed by atoms with Crippen LogP contribution in [0.2, 0.25) is 0 Å². The van der Waals surface area contributed by atoms with E-state index in [-0.39, 0.29) is 18.1 Å². The zero-order valence-corrected chi connectivity index (χ0v) is 17.8. The van der Waals surface area contributed by atoms with Crippen LogP contribution >= 0.6 is 11.8 Å². The maximum Gasteiger partial charge on any atom is 0.243 e. The van der Waals surface area contributed by atoms with Gasteiger partial charge in [0.15, 0.2) is 5.96 Å². The van der Waals surface area contributed by atoms with Gasteiger partial charge in [-0.3, -0.25) is 4.79 Å². The van der Waals surface area contributed by atoms with E-state index in [4.69, 9.17) is 4.74 Å². The first-order valence-electron chi connectivity index (χ1n) is 10.1. The topological polar surface area (TPSA) is 66.0 Å². The second kappa shape index (κ2) is 10.2. The summed E-state index contributed by atoms with van der Waals surface area (Å²) in [4.78, 5) is 18.1. The van der Waals surface area contributed by atoms with E-state index in [1.54, 1.807) is 19.0 Å². The smallest absolute Gasteiger partial charge is 0.243 e. The van der Waals surface area contributed by atoms with Crippen molar-refractivity contribution >= 4 is 23.6 Å². The molecule has 2 fully saturated rings. The number of rotatable bonds is 6. The van der Waals surface area contributed by atoms with Crippen LogP contribution < -0.4 is 10.6 Å². The molecule has 1 spiro atoms. The zero-order chi connectivity index (χ0) is 19.8. The number of ether oxygens (including phenoxy) is 1. The van der Waals surface area contributed by atoms with Gasteiger partial charge >= 0.3 is 0 Å². The quantitative estimate of drug-likeness (QED) is 0.560. The molecule has 1 aromatic rings. The average molecular weight is 405 g/mol. The molecule has 2 N–H and O–H groups in total. The Morgan fingerprint density at radius 1 is 1.36 bits per heavy atom. The van der Waals surface area contributed by atoms with Crippen LogP contribution in [0.5, 0.6) is 0 Å². The molecule has 28 heavy (non-hydrogen) atoms. The molecule has 2 unspecified atom stereocenters. The maximum atomic E-state index is 12.0. The third-order valence-corrected chi connectivity index (χ3v) is 6.54. The zero-order valence-electron chi connectivity index (χ0n) is 16.9. The van der Waals surface area contributed by atoms with Crippen molar-refractivity contribution in [1.29, 1.82) is 0 Å². The lowest BCUT2D eigenvalue weighted by Gasteiger charge is -2.38. The summed E-state index contributed by atoms with van der Waals surface area (Å²) < 4.78 is 6.12. The number of aliphatic imine (C=N–C) groups is 1. The molecular weight excluding hydrogens is 372 g/mol. The minimum absolute atomic E-state index is 0.000185. The van der Waals surface area contributed by atoms with E-state index in [1.165, 1.54) is 11.3 Å². The molecule has 2 saturated heterocycles. The van der Waals surface area contributed by atoms with Crippen LogP contribution in [0, 0.1) is 0 Å². The van der Waals surface area contributed by atoms with Crippen LogP contribution in [-0.2, 0) is 16.0 Å². The van der Waals surface area contributed by atoms with E-state index in [2.05, 4.69) is 39.9 Å². The van der Waals surface area contributed by atoms with Gasteiger partial charge in [-0.15, -0.1) is 0 Å². The lowest BCUT2D eigenvalue weighted by Crippen LogP contribution is -2.52. The van der Waals surface area contributed by atoms with Crippen LogP contribution in [0.25, 0.3) is 0 Å². The highest BCUT2D eigenvalue weighted by molar-refractivity contribution is 7.99. The maximum absolute atomic E-state index is 12.0.